The lowest BCUT2D eigenvalue weighted by Gasteiger charge is -2.38. The van der Waals surface area contributed by atoms with Gasteiger partial charge in [-0.25, -0.2) is 18.6 Å². The van der Waals surface area contributed by atoms with Crippen LogP contribution in [-0.4, -0.2) is 78.2 Å². The molecule has 0 heterocycles. The van der Waals surface area contributed by atoms with Gasteiger partial charge in [-0.2, -0.15) is 61.5 Å². The standard InChI is InChI=1S/C18H25F17O5Si2/c1-6-7-8-41(2,3)40-42(4,5)10-36-9-11(19,20)37-18(34,35)39-17(32,33)16(30,31)38-15(28,29)12(21,13(22,23)24)14(25,26)27/h6-10H2,1-5H3. The van der Waals surface area contributed by atoms with Crippen molar-refractivity contribution in [1.29, 1.82) is 0 Å². The smallest absolute Gasteiger partial charge is 0.454 e. The molecule has 0 radical (unpaired) electrons. The van der Waals surface area contributed by atoms with Crippen LogP contribution in [0.15, 0.2) is 0 Å². The first-order valence-electron chi connectivity index (χ1n) is 11.2. The van der Waals surface area contributed by atoms with E-state index in [1.165, 1.54) is 17.8 Å². The van der Waals surface area contributed by atoms with Crippen molar-refractivity contribution in [2.45, 2.75) is 101 Å². The molecule has 0 amide bonds. The van der Waals surface area contributed by atoms with Gasteiger partial charge in [0.05, 0.1) is 6.23 Å². The predicted molar refractivity (Wildman–Crippen MR) is 111 cm³/mol. The molecule has 42 heavy (non-hydrogen) atoms. The largest absolute Gasteiger partial charge is 0.495 e. The normalized spacial score (nSPS) is 15.9. The van der Waals surface area contributed by atoms with Crippen molar-refractivity contribution in [2.24, 2.45) is 0 Å². The zero-order chi connectivity index (χ0) is 34.1. The van der Waals surface area contributed by atoms with Crippen LogP contribution in [-0.2, 0) is 23.1 Å². The molecule has 0 aromatic heterocycles. The molecule has 0 saturated heterocycles. The van der Waals surface area contributed by atoms with Gasteiger partial charge in [0.15, 0.2) is 16.6 Å². The van der Waals surface area contributed by atoms with Crippen LogP contribution >= 0.6 is 0 Å². The molecule has 5 nitrogen and oxygen atoms in total. The van der Waals surface area contributed by atoms with E-state index in [1.807, 2.05) is 11.7 Å². The monoisotopic (exact) mass is 700 g/mol. The number of halogens is 17. The first-order valence-corrected chi connectivity index (χ1v) is 17.4. The first-order chi connectivity index (χ1) is 18.1. The van der Waals surface area contributed by atoms with Gasteiger partial charge in [0.2, 0.25) is 0 Å². The van der Waals surface area contributed by atoms with Crippen molar-refractivity contribution in [1.82, 2.24) is 0 Å². The summed E-state index contributed by atoms with van der Waals surface area (Å²) < 4.78 is 239. The van der Waals surface area contributed by atoms with Crippen LogP contribution in [0.1, 0.15) is 19.8 Å². The highest BCUT2D eigenvalue weighted by molar-refractivity contribution is 6.84. The number of rotatable bonds is 17. The van der Waals surface area contributed by atoms with E-state index in [9.17, 15) is 74.6 Å². The fraction of sp³-hybridized carbons (Fsp3) is 1.00. The quantitative estimate of drug-likeness (QED) is 0.0865. The number of alkyl halides is 17. The van der Waals surface area contributed by atoms with Gasteiger partial charge in [0, 0.05) is 0 Å². The molecule has 0 aliphatic heterocycles. The molecule has 0 rings (SSSR count). The average Bonchev–Trinajstić information content (AvgIpc) is 2.65. The van der Waals surface area contributed by atoms with Crippen LogP contribution in [0.3, 0.4) is 0 Å². The zero-order valence-electron chi connectivity index (χ0n) is 22.0. The Morgan fingerprint density at radius 2 is 0.976 bits per heavy atom. The molecule has 0 N–H and O–H groups in total. The molecule has 0 aliphatic carbocycles. The highest BCUT2D eigenvalue weighted by Crippen LogP contribution is 2.57. The van der Waals surface area contributed by atoms with Gasteiger partial charge in [0.25, 0.3) is 0 Å². The number of ether oxygens (including phenoxy) is 4. The third kappa shape index (κ3) is 10.9. The Hall–Kier alpha value is -0.956. The fourth-order valence-electron chi connectivity index (χ4n) is 3.06. The van der Waals surface area contributed by atoms with E-state index in [2.05, 4.69) is 9.47 Å². The molecule has 0 atom stereocenters. The molecular formula is C18H25F17O5Si2. The van der Waals surface area contributed by atoms with Crippen LogP contribution in [0.2, 0.25) is 32.2 Å². The van der Waals surface area contributed by atoms with Crippen molar-refractivity contribution >= 4 is 16.6 Å². The van der Waals surface area contributed by atoms with Gasteiger partial charge >= 0.3 is 48.8 Å². The van der Waals surface area contributed by atoms with E-state index >= 15 is 0 Å². The summed E-state index contributed by atoms with van der Waals surface area (Å²) in [7, 11) is -5.27. The maximum absolute atomic E-state index is 13.8. The first kappa shape index (κ1) is 41.0. The second-order valence-electron chi connectivity index (χ2n) is 9.83. The lowest BCUT2D eigenvalue weighted by atomic mass is 10.0. The SMILES string of the molecule is CCCC[Si](C)(C)O[Si](C)(C)COCC(F)(F)OC(F)(F)OC(F)(F)C(F)(F)OC(F)(F)C(F)(C(F)(F)F)C(F)(F)F. The Morgan fingerprint density at radius 3 is 1.38 bits per heavy atom. The van der Waals surface area contributed by atoms with Crippen molar-refractivity contribution < 1.29 is 97.7 Å². The van der Waals surface area contributed by atoms with Crippen molar-refractivity contribution in [3.05, 3.63) is 0 Å². The van der Waals surface area contributed by atoms with Crippen LogP contribution in [0.5, 0.6) is 0 Å². The minimum Gasteiger partial charge on any atom is -0.454 e. The van der Waals surface area contributed by atoms with E-state index in [4.69, 9.17) is 4.12 Å². The van der Waals surface area contributed by atoms with Gasteiger partial charge < -0.3 is 8.85 Å². The minimum absolute atomic E-state index is 0.637. The Labute approximate surface area is 228 Å². The minimum atomic E-state index is -8.09. The van der Waals surface area contributed by atoms with E-state index in [1.54, 1.807) is 13.1 Å². The van der Waals surface area contributed by atoms with E-state index < -0.39 is 78.2 Å². The highest BCUT2D eigenvalue weighted by atomic mass is 28.4. The van der Waals surface area contributed by atoms with Crippen LogP contribution in [0.25, 0.3) is 0 Å². The molecule has 254 valence electrons. The predicted octanol–water partition coefficient (Wildman–Crippen LogP) is 8.57. The van der Waals surface area contributed by atoms with E-state index in [0.717, 1.165) is 12.8 Å². The Balaban J connectivity index is 5.62. The van der Waals surface area contributed by atoms with Gasteiger partial charge in [0.1, 0.15) is 6.61 Å². The Morgan fingerprint density at radius 1 is 0.548 bits per heavy atom. The number of unbranched alkanes of at least 4 members (excludes halogenated alkanes) is 1. The topological polar surface area (TPSA) is 46.2 Å². The fourth-order valence-corrected chi connectivity index (χ4v) is 11.5. The number of hydrogen-bond donors (Lipinski definition) is 0. The summed E-state index contributed by atoms with van der Waals surface area (Å²) in [6.07, 6.45) is -49.9. The molecular weight excluding hydrogens is 675 g/mol. The van der Waals surface area contributed by atoms with Gasteiger partial charge in [-0.3, -0.25) is 0 Å². The Kier molecular flexibility index (Phi) is 12.5. The molecule has 0 spiro atoms. The Bertz CT molecular complexity index is 863. The molecule has 0 saturated carbocycles. The molecule has 24 heteroatoms. The lowest BCUT2D eigenvalue weighted by molar-refractivity contribution is -0.578. The third-order valence-electron chi connectivity index (χ3n) is 4.70. The second-order valence-corrected chi connectivity index (χ2v) is 18.5. The molecule has 0 unspecified atom stereocenters. The van der Waals surface area contributed by atoms with E-state index in [-0.39, 0.29) is 0 Å². The van der Waals surface area contributed by atoms with Gasteiger partial charge in [-0.05, 0) is 32.2 Å². The van der Waals surface area contributed by atoms with Gasteiger partial charge in [-0.1, -0.05) is 19.8 Å². The second kappa shape index (κ2) is 12.8. The summed E-state index contributed by atoms with van der Waals surface area (Å²) in [4.78, 5) is 0. The summed E-state index contributed by atoms with van der Waals surface area (Å²) in [6.45, 7) is 6.18. The summed E-state index contributed by atoms with van der Waals surface area (Å²) in [6, 6.07) is 0.649. The number of hydrogen-bond acceptors (Lipinski definition) is 5. The van der Waals surface area contributed by atoms with Crippen molar-refractivity contribution in [3.8, 4) is 0 Å². The van der Waals surface area contributed by atoms with Crippen molar-refractivity contribution in [2.75, 3.05) is 12.8 Å². The summed E-state index contributed by atoms with van der Waals surface area (Å²) in [5, 5.41) is 0. The molecule has 0 bridgehead atoms. The molecule has 0 aromatic carbocycles. The van der Waals surface area contributed by atoms with Crippen LogP contribution < -0.4 is 0 Å². The summed E-state index contributed by atoms with van der Waals surface area (Å²) >= 11 is 0. The lowest BCUT2D eigenvalue weighted by Crippen LogP contribution is -2.68. The van der Waals surface area contributed by atoms with Crippen molar-refractivity contribution in [3.63, 3.8) is 0 Å². The zero-order valence-corrected chi connectivity index (χ0v) is 24.0. The van der Waals surface area contributed by atoms with Gasteiger partial charge in [-0.15, -0.1) is 8.78 Å². The highest BCUT2D eigenvalue weighted by Gasteiger charge is 2.88. The molecule has 0 aliphatic rings. The third-order valence-corrected chi connectivity index (χ3v) is 11.6. The maximum Gasteiger partial charge on any atom is 0.495 e. The van der Waals surface area contributed by atoms with Crippen LogP contribution in [0.4, 0.5) is 74.6 Å². The average molecular weight is 701 g/mol. The van der Waals surface area contributed by atoms with Crippen LogP contribution in [0, 0.1) is 0 Å². The van der Waals surface area contributed by atoms with E-state index in [0.29, 0.717) is 6.04 Å². The molecule has 0 fully saturated rings. The molecule has 0 aromatic rings. The summed E-state index contributed by atoms with van der Waals surface area (Å²) in [5.41, 5.74) is -8.09. The maximum atomic E-state index is 13.8. The summed E-state index contributed by atoms with van der Waals surface area (Å²) in [5.74, 6) is 0.